The van der Waals surface area contributed by atoms with Gasteiger partial charge in [0.1, 0.15) is 11.6 Å². The van der Waals surface area contributed by atoms with Gasteiger partial charge in [0.05, 0.1) is 16.8 Å². The number of allylic oxidation sites excluding steroid dienone is 1. The van der Waals surface area contributed by atoms with Gasteiger partial charge in [0.25, 0.3) is 0 Å². The maximum Gasteiger partial charge on any atom is 0.313 e. The van der Waals surface area contributed by atoms with Crippen LogP contribution in [0.5, 0.6) is 0 Å². The van der Waals surface area contributed by atoms with E-state index in [9.17, 15) is 4.79 Å². The Morgan fingerprint density at radius 1 is 1.60 bits per heavy atom. The van der Waals surface area contributed by atoms with Crippen molar-refractivity contribution in [2.45, 2.75) is 18.1 Å². The van der Waals surface area contributed by atoms with Gasteiger partial charge in [-0.3, -0.25) is 4.79 Å². The van der Waals surface area contributed by atoms with Crippen molar-refractivity contribution in [2.24, 2.45) is 0 Å². The predicted octanol–water partition coefficient (Wildman–Crippen LogP) is 2.66. The molecule has 20 heavy (non-hydrogen) atoms. The van der Waals surface area contributed by atoms with Crippen LogP contribution in [0.15, 0.2) is 36.0 Å². The van der Waals surface area contributed by atoms with Crippen molar-refractivity contribution < 1.29 is 9.90 Å². The van der Waals surface area contributed by atoms with Crippen molar-refractivity contribution in [1.29, 1.82) is 5.26 Å². The lowest BCUT2D eigenvalue weighted by molar-refractivity contribution is -0.133. The van der Waals surface area contributed by atoms with E-state index < -0.39 is 5.97 Å². The van der Waals surface area contributed by atoms with Gasteiger partial charge in [-0.2, -0.15) is 5.26 Å². The average molecular weight is 287 g/mol. The molecule has 1 aromatic carbocycles. The summed E-state index contributed by atoms with van der Waals surface area (Å²) in [6.07, 6.45) is 2.55. The third-order valence-electron chi connectivity index (χ3n) is 2.75. The number of benzene rings is 1. The van der Waals surface area contributed by atoms with Crippen LogP contribution in [0.25, 0.3) is 11.0 Å². The number of carboxylic acids is 1. The minimum absolute atomic E-state index is 0.0563. The fourth-order valence-electron chi connectivity index (χ4n) is 1.89. The Morgan fingerprint density at radius 2 is 2.40 bits per heavy atom. The van der Waals surface area contributed by atoms with Gasteiger partial charge in [0.2, 0.25) is 0 Å². The van der Waals surface area contributed by atoms with Crippen LogP contribution in [-0.4, -0.2) is 26.4 Å². The molecule has 0 amide bonds. The Labute approximate surface area is 120 Å². The van der Waals surface area contributed by atoms with Gasteiger partial charge in [-0.15, -0.1) is 6.58 Å². The number of aromatic nitrogens is 2. The molecule has 0 atom stereocenters. The van der Waals surface area contributed by atoms with Crippen LogP contribution in [0, 0.1) is 11.3 Å². The van der Waals surface area contributed by atoms with Gasteiger partial charge in [0, 0.05) is 6.54 Å². The second kappa shape index (κ2) is 6.26. The van der Waals surface area contributed by atoms with Gasteiger partial charge >= 0.3 is 5.97 Å². The summed E-state index contributed by atoms with van der Waals surface area (Å²) in [5.41, 5.74) is 1.96. The molecule has 0 saturated heterocycles. The van der Waals surface area contributed by atoms with Crippen LogP contribution in [0.1, 0.15) is 12.0 Å². The van der Waals surface area contributed by atoms with E-state index in [1.54, 1.807) is 18.2 Å². The normalized spacial score (nSPS) is 10.3. The van der Waals surface area contributed by atoms with E-state index >= 15 is 0 Å². The van der Waals surface area contributed by atoms with Crippen LogP contribution in [0.4, 0.5) is 0 Å². The molecule has 1 aromatic heterocycles. The molecule has 0 spiro atoms. The Bertz CT molecular complexity index is 700. The molecule has 0 aliphatic rings. The molecule has 0 aliphatic carbocycles. The zero-order valence-electron chi connectivity index (χ0n) is 10.7. The number of nitrogens with zero attached hydrogens (tertiary/aromatic N) is 3. The van der Waals surface area contributed by atoms with Gasteiger partial charge in [-0.05, 0) is 18.6 Å². The molecule has 0 aliphatic heterocycles. The van der Waals surface area contributed by atoms with E-state index in [-0.39, 0.29) is 5.75 Å². The summed E-state index contributed by atoms with van der Waals surface area (Å²) in [6.45, 7) is 4.35. The first-order valence-corrected chi connectivity index (χ1v) is 7.00. The summed E-state index contributed by atoms with van der Waals surface area (Å²) in [6, 6.07) is 7.51. The first kappa shape index (κ1) is 14.2. The van der Waals surface area contributed by atoms with E-state index in [1.165, 1.54) is 0 Å². The molecular formula is C14H13N3O2S. The average Bonchev–Trinajstić information content (AvgIpc) is 2.80. The number of rotatable bonds is 6. The fraction of sp³-hybridized carbons (Fsp3) is 0.214. The number of nitriles is 1. The van der Waals surface area contributed by atoms with Crippen molar-refractivity contribution >= 4 is 28.8 Å². The number of hydrogen-bond donors (Lipinski definition) is 1. The Kier molecular flexibility index (Phi) is 4.43. The lowest BCUT2D eigenvalue weighted by atomic mass is 10.2. The van der Waals surface area contributed by atoms with Crippen molar-refractivity contribution in [3.05, 3.63) is 36.4 Å². The Balaban J connectivity index is 2.50. The fourth-order valence-corrected chi connectivity index (χ4v) is 2.64. The molecule has 0 unspecified atom stereocenters. The second-order valence-corrected chi connectivity index (χ2v) is 5.03. The summed E-state index contributed by atoms with van der Waals surface area (Å²) < 4.78 is 1.94. The van der Waals surface area contributed by atoms with Crippen LogP contribution < -0.4 is 0 Å². The van der Waals surface area contributed by atoms with E-state index in [0.717, 1.165) is 23.7 Å². The molecule has 0 bridgehead atoms. The molecule has 2 aromatic rings. The van der Waals surface area contributed by atoms with Crippen molar-refractivity contribution in [1.82, 2.24) is 9.55 Å². The summed E-state index contributed by atoms with van der Waals surface area (Å²) in [5, 5.41) is 18.5. The number of carboxylic acid groups (broad SMARTS) is 1. The summed E-state index contributed by atoms with van der Waals surface area (Å²) in [4.78, 5) is 15.1. The largest absolute Gasteiger partial charge is 0.481 e. The smallest absolute Gasteiger partial charge is 0.313 e. The number of hydrogen-bond acceptors (Lipinski definition) is 4. The molecular weight excluding hydrogens is 274 g/mol. The highest BCUT2D eigenvalue weighted by atomic mass is 32.2. The number of thioether (sulfide) groups is 1. The van der Waals surface area contributed by atoms with E-state index in [4.69, 9.17) is 10.4 Å². The van der Waals surface area contributed by atoms with Crippen LogP contribution in [-0.2, 0) is 11.3 Å². The van der Waals surface area contributed by atoms with Crippen molar-refractivity contribution in [2.75, 3.05) is 5.75 Å². The number of fused-ring (bicyclic) bond motifs is 1. The summed E-state index contributed by atoms with van der Waals surface area (Å²) >= 11 is 1.16. The molecule has 6 heteroatoms. The van der Waals surface area contributed by atoms with Crippen molar-refractivity contribution in [3.8, 4) is 6.07 Å². The molecule has 102 valence electrons. The maximum absolute atomic E-state index is 10.7. The minimum atomic E-state index is -0.891. The predicted molar refractivity (Wildman–Crippen MR) is 77.6 cm³/mol. The maximum atomic E-state index is 10.7. The topological polar surface area (TPSA) is 78.9 Å². The van der Waals surface area contributed by atoms with Crippen molar-refractivity contribution in [3.63, 3.8) is 0 Å². The highest BCUT2D eigenvalue weighted by molar-refractivity contribution is 7.99. The highest BCUT2D eigenvalue weighted by Crippen LogP contribution is 2.26. The highest BCUT2D eigenvalue weighted by Gasteiger charge is 2.14. The molecule has 2 rings (SSSR count). The van der Waals surface area contributed by atoms with Crippen LogP contribution >= 0.6 is 11.8 Å². The van der Waals surface area contributed by atoms with Gasteiger partial charge < -0.3 is 9.67 Å². The first-order chi connectivity index (χ1) is 9.67. The van der Waals surface area contributed by atoms with Gasteiger partial charge in [-0.1, -0.05) is 23.9 Å². The van der Waals surface area contributed by atoms with Gasteiger partial charge in [0.15, 0.2) is 5.16 Å². The second-order valence-electron chi connectivity index (χ2n) is 4.09. The molecule has 1 heterocycles. The number of aryl methyl sites for hydroxylation is 1. The quantitative estimate of drug-likeness (QED) is 0.652. The molecule has 1 N–H and O–H groups in total. The zero-order valence-corrected chi connectivity index (χ0v) is 11.6. The monoisotopic (exact) mass is 287 g/mol. The SMILES string of the molecule is C=CCCn1c(SCC(=O)O)nc2c(C#N)cccc21. The molecule has 0 saturated carbocycles. The summed E-state index contributed by atoms with van der Waals surface area (Å²) in [5.74, 6) is -0.947. The van der Waals surface area contributed by atoms with E-state index in [0.29, 0.717) is 22.8 Å². The standard InChI is InChI=1S/C14H13N3O2S/c1-2-3-7-17-11-6-4-5-10(8-15)13(11)16-14(17)20-9-12(18)19/h2,4-6H,1,3,7,9H2,(H,18,19). The van der Waals surface area contributed by atoms with E-state index in [2.05, 4.69) is 17.6 Å². The number of aliphatic carboxylic acids is 1. The van der Waals surface area contributed by atoms with E-state index in [1.807, 2.05) is 10.6 Å². The minimum Gasteiger partial charge on any atom is -0.481 e. The van der Waals surface area contributed by atoms with Crippen LogP contribution in [0.3, 0.4) is 0 Å². The summed E-state index contributed by atoms with van der Waals surface area (Å²) in [7, 11) is 0. The lowest BCUT2D eigenvalue weighted by Gasteiger charge is -2.06. The number of imidazole rings is 1. The molecule has 0 radical (unpaired) electrons. The van der Waals surface area contributed by atoms with Gasteiger partial charge in [-0.25, -0.2) is 4.98 Å². The number of carbonyl (C=O) groups is 1. The molecule has 5 nitrogen and oxygen atoms in total. The Hall–Kier alpha value is -2.26. The lowest BCUT2D eigenvalue weighted by Crippen LogP contribution is -2.03. The van der Waals surface area contributed by atoms with Crippen LogP contribution in [0.2, 0.25) is 0 Å². The molecule has 0 fully saturated rings. The Morgan fingerprint density at radius 3 is 3.05 bits per heavy atom. The third kappa shape index (κ3) is 2.83. The first-order valence-electron chi connectivity index (χ1n) is 6.02. The number of para-hydroxylation sites is 1. The third-order valence-corrected chi connectivity index (χ3v) is 3.71. The zero-order chi connectivity index (χ0) is 14.5.